The van der Waals surface area contributed by atoms with Crippen LogP contribution in [0.3, 0.4) is 0 Å². The number of hydrogen-bond acceptors (Lipinski definition) is 7. The van der Waals surface area contributed by atoms with Gasteiger partial charge in [0.1, 0.15) is 22.8 Å². The lowest BCUT2D eigenvalue weighted by atomic mass is 10.1. The Hall–Kier alpha value is -3.63. The van der Waals surface area contributed by atoms with Crippen LogP contribution in [0.4, 0.5) is 20.4 Å². The molecule has 2 aromatic heterocycles. The van der Waals surface area contributed by atoms with Gasteiger partial charge in [-0.15, -0.1) is 0 Å². The maximum absolute atomic E-state index is 15.0. The van der Waals surface area contributed by atoms with E-state index < -0.39 is 11.6 Å². The number of aryl methyl sites for hydroxylation is 1. The molecule has 0 unspecified atom stereocenters. The number of rotatable bonds is 8. The van der Waals surface area contributed by atoms with Crippen LogP contribution in [-0.4, -0.2) is 69.2 Å². The van der Waals surface area contributed by atoms with E-state index in [4.69, 9.17) is 4.74 Å². The first kappa shape index (κ1) is 27.0. The third-order valence-corrected chi connectivity index (χ3v) is 7.31. The molecule has 5 rings (SSSR count). The van der Waals surface area contributed by atoms with Crippen LogP contribution in [0, 0.1) is 18.6 Å². The van der Waals surface area contributed by atoms with E-state index in [1.807, 2.05) is 43.5 Å². The Labute approximate surface area is 227 Å². The Morgan fingerprint density at radius 2 is 1.74 bits per heavy atom. The van der Waals surface area contributed by atoms with E-state index in [0.29, 0.717) is 22.6 Å². The van der Waals surface area contributed by atoms with Crippen molar-refractivity contribution in [3.05, 3.63) is 59.6 Å². The summed E-state index contributed by atoms with van der Waals surface area (Å²) in [6, 6.07) is 8.91. The van der Waals surface area contributed by atoms with Crippen molar-refractivity contribution in [2.75, 3.05) is 45.2 Å². The minimum absolute atomic E-state index is 0.0114. The van der Waals surface area contributed by atoms with Gasteiger partial charge in [-0.1, -0.05) is 13.0 Å². The molecule has 206 valence electrons. The zero-order chi connectivity index (χ0) is 27.7. The number of hydrogen-bond donors (Lipinski definition) is 1. The lowest BCUT2D eigenvalue weighted by molar-refractivity contribution is 0.131. The van der Waals surface area contributed by atoms with E-state index in [-0.39, 0.29) is 23.2 Å². The number of nitrogens with zero attached hydrogens (tertiary/aromatic N) is 6. The van der Waals surface area contributed by atoms with Crippen molar-refractivity contribution in [3.63, 3.8) is 0 Å². The Kier molecular flexibility index (Phi) is 7.76. The van der Waals surface area contributed by atoms with Crippen LogP contribution < -0.4 is 10.1 Å². The van der Waals surface area contributed by atoms with Gasteiger partial charge < -0.3 is 19.5 Å². The van der Waals surface area contributed by atoms with Gasteiger partial charge in [0, 0.05) is 61.6 Å². The molecule has 10 heteroatoms. The third kappa shape index (κ3) is 5.58. The quantitative estimate of drug-likeness (QED) is 0.317. The summed E-state index contributed by atoms with van der Waals surface area (Å²) in [6.07, 6.45) is 1.10. The van der Waals surface area contributed by atoms with Crippen molar-refractivity contribution in [1.29, 1.82) is 0 Å². The molecule has 1 aliphatic rings. The van der Waals surface area contributed by atoms with Gasteiger partial charge in [-0.2, -0.15) is 0 Å². The fourth-order valence-electron chi connectivity index (χ4n) is 5.27. The van der Waals surface area contributed by atoms with Crippen LogP contribution in [0.2, 0.25) is 0 Å². The molecule has 2 aromatic carbocycles. The number of piperazine rings is 1. The smallest absolute Gasteiger partial charge is 0.227 e. The summed E-state index contributed by atoms with van der Waals surface area (Å²) in [7, 11) is 1.65. The predicted molar refractivity (Wildman–Crippen MR) is 149 cm³/mol. The number of likely N-dealkylation sites (N-methyl/N-ethyl adjacent to an activating group) is 1. The van der Waals surface area contributed by atoms with Gasteiger partial charge in [-0.05, 0) is 45.5 Å². The largest absolute Gasteiger partial charge is 0.496 e. The van der Waals surface area contributed by atoms with Gasteiger partial charge in [0.25, 0.3) is 0 Å². The summed E-state index contributed by atoms with van der Waals surface area (Å²) < 4.78 is 37.5. The number of aromatic nitrogens is 4. The fraction of sp³-hybridized carbons (Fsp3) is 0.414. The second-order valence-electron chi connectivity index (χ2n) is 10.2. The molecule has 1 aliphatic heterocycles. The highest BCUT2D eigenvalue weighted by Gasteiger charge is 2.20. The topological polar surface area (TPSA) is 71.3 Å². The monoisotopic (exact) mass is 535 g/mol. The maximum Gasteiger partial charge on any atom is 0.227 e. The minimum atomic E-state index is -0.636. The van der Waals surface area contributed by atoms with Crippen molar-refractivity contribution < 1.29 is 13.5 Å². The second-order valence-corrected chi connectivity index (χ2v) is 10.2. The van der Waals surface area contributed by atoms with Crippen molar-refractivity contribution >= 4 is 22.7 Å². The van der Waals surface area contributed by atoms with Crippen LogP contribution in [0.5, 0.6) is 5.75 Å². The molecule has 1 N–H and O–H groups in total. The number of methoxy groups -OCH3 is 1. The normalized spacial score (nSPS) is 14.9. The summed E-state index contributed by atoms with van der Waals surface area (Å²) in [5, 5.41) is 3.15. The van der Waals surface area contributed by atoms with Gasteiger partial charge in [0.2, 0.25) is 5.95 Å². The molecule has 4 aromatic rings. The summed E-state index contributed by atoms with van der Waals surface area (Å²) in [4.78, 5) is 17.8. The number of fused-ring (bicyclic) bond motifs is 1. The van der Waals surface area contributed by atoms with Crippen LogP contribution in [0.1, 0.15) is 38.2 Å². The van der Waals surface area contributed by atoms with E-state index in [1.165, 1.54) is 6.07 Å². The average Bonchev–Trinajstić information content (AvgIpc) is 3.27. The average molecular weight is 536 g/mol. The first-order chi connectivity index (χ1) is 18.8. The zero-order valence-electron chi connectivity index (χ0n) is 23.1. The highest BCUT2D eigenvalue weighted by molar-refractivity contribution is 5.83. The molecule has 0 bridgehead atoms. The summed E-state index contributed by atoms with van der Waals surface area (Å²) in [5.41, 5.74) is 2.99. The molecule has 0 atom stereocenters. The standard InChI is InChI=1S/C29H35F2N7O/c1-6-36-9-11-37(12-10-36)17-20-7-8-22(15-26(20)39-5)34-29-32-16-24(31)27(35-29)21-13-23(30)28-25(14-21)38(18(2)3)19(4)33-28/h7-8,13-16,18H,6,9-12,17H2,1-5H3,(H,32,34,35). The Morgan fingerprint density at radius 1 is 1.00 bits per heavy atom. The maximum atomic E-state index is 15.0. The molecule has 1 fully saturated rings. The lowest BCUT2D eigenvalue weighted by Crippen LogP contribution is -2.45. The number of anilines is 2. The summed E-state index contributed by atoms with van der Waals surface area (Å²) in [5.74, 6) is 0.495. The van der Waals surface area contributed by atoms with Gasteiger partial charge in [-0.25, -0.2) is 23.7 Å². The zero-order valence-corrected chi connectivity index (χ0v) is 23.1. The van der Waals surface area contributed by atoms with E-state index in [9.17, 15) is 4.39 Å². The number of benzene rings is 2. The minimum Gasteiger partial charge on any atom is -0.496 e. The number of nitrogens with one attached hydrogen (secondary N) is 1. The summed E-state index contributed by atoms with van der Waals surface area (Å²) in [6.45, 7) is 14.1. The van der Waals surface area contributed by atoms with E-state index in [2.05, 4.69) is 37.0 Å². The molecule has 0 spiro atoms. The third-order valence-electron chi connectivity index (χ3n) is 7.31. The van der Waals surface area contributed by atoms with Gasteiger partial charge in [0.05, 0.1) is 18.8 Å². The van der Waals surface area contributed by atoms with Crippen molar-refractivity contribution in [3.8, 4) is 17.0 Å². The number of imidazole rings is 1. The first-order valence-electron chi connectivity index (χ1n) is 13.4. The lowest BCUT2D eigenvalue weighted by Gasteiger charge is -2.34. The summed E-state index contributed by atoms with van der Waals surface area (Å²) >= 11 is 0. The molecule has 0 saturated carbocycles. The van der Waals surface area contributed by atoms with E-state index in [0.717, 1.165) is 56.8 Å². The van der Waals surface area contributed by atoms with Crippen molar-refractivity contribution in [2.45, 2.75) is 40.3 Å². The van der Waals surface area contributed by atoms with Crippen molar-refractivity contribution in [1.82, 2.24) is 29.3 Å². The van der Waals surface area contributed by atoms with Gasteiger partial charge in [-0.3, -0.25) is 4.90 Å². The molecular weight excluding hydrogens is 500 g/mol. The van der Waals surface area contributed by atoms with Gasteiger partial charge >= 0.3 is 0 Å². The molecule has 0 radical (unpaired) electrons. The van der Waals surface area contributed by atoms with Crippen LogP contribution in [0.25, 0.3) is 22.3 Å². The van der Waals surface area contributed by atoms with E-state index >= 15 is 4.39 Å². The molecule has 3 heterocycles. The highest BCUT2D eigenvalue weighted by Crippen LogP contribution is 2.31. The predicted octanol–water partition coefficient (Wildman–Crippen LogP) is 5.55. The van der Waals surface area contributed by atoms with E-state index in [1.54, 1.807) is 13.2 Å². The fourth-order valence-corrected chi connectivity index (χ4v) is 5.27. The Balaban J connectivity index is 1.40. The number of ether oxygens (including phenoxy) is 1. The molecular formula is C29H35F2N7O. The van der Waals surface area contributed by atoms with Crippen LogP contribution >= 0.6 is 0 Å². The Morgan fingerprint density at radius 3 is 2.44 bits per heavy atom. The molecule has 1 saturated heterocycles. The Bertz CT molecular complexity index is 1480. The second kappa shape index (κ2) is 11.2. The molecule has 0 aliphatic carbocycles. The van der Waals surface area contributed by atoms with Gasteiger partial charge in [0.15, 0.2) is 11.6 Å². The SMILES string of the molecule is CCN1CCN(Cc2ccc(Nc3ncc(F)c(-c4cc(F)c5nc(C)n(C(C)C)c5c4)n3)cc2OC)CC1. The molecule has 39 heavy (non-hydrogen) atoms. The first-order valence-corrected chi connectivity index (χ1v) is 13.4. The van der Waals surface area contributed by atoms with Crippen LogP contribution in [-0.2, 0) is 6.54 Å². The highest BCUT2D eigenvalue weighted by atomic mass is 19.1. The van der Waals surface area contributed by atoms with Crippen LogP contribution in [0.15, 0.2) is 36.5 Å². The number of halogens is 2. The molecule has 0 amide bonds. The molecule has 8 nitrogen and oxygen atoms in total. The van der Waals surface area contributed by atoms with Crippen molar-refractivity contribution in [2.24, 2.45) is 0 Å².